The molecular weight excluding hydrogens is 130 g/mol. The van der Waals surface area contributed by atoms with Crippen LogP contribution in [-0.2, 0) is 4.79 Å². The van der Waals surface area contributed by atoms with Crippen LogP contribution in [0.1, 0.15) is 6.42 Å². The molecule has 0 fully saturated rings. The van der Waals surface area contributed by atoms with Crippen LogP contribution in [0.2, 0.25) is 0 Å². The molecule has 0 aromatic rings. The van der Waals surface area contributed by atoms with E-state index >= 15 is 0 Å². The lowest BCUT2D eigenvalue weighted by molar-refractivity contribution is -0.104. The van der Waals surface area contributed by atoms with E-state index in [-0.39, 0.29) is 6.04 Å². The average molecular weight is 137 g/mol. The monoisotopic (exact) mass is 137 g/mol. The smallest absolute Gasteiger partial charge is 0.149 e. The third-order valence-corrected chi connectivity index (χ3v) is 1.38. The fraction of sp³-hybridized carbons (Fsp3) is 0.286. The Hall–Kier alpha value is -1.25. The predicted octanol–water partition coefficient (Wildman–Crippen LogP) is 1.21. The molecule has 0 aliphatic heterocycles. The van der Waals surface area contributed by atoms with Crippen LogP contribution in [0, 0.1) is 4.91 Å². The van der Waals surface area contributed by atoms with E-state index in [1.54, 1.807) is 18.2 Å². The third kappa shape index (κ3) is 1.37. The summed E-state index contributed by atoms with van der Waals surface area (Å²) in [6.07, 6.45) is 6.27. The number of carbonyl (C=O) groups is 1. The summed E-state index contributed by atoms with van der Waals surface area (Å²) in [4.78, 5) is 20.1. The normalized spacial score (nSPS) is 23.6. The minimum atomic E-state index is -0.274. The number of carbonyl (C=O) groups excluding carboxylic acids is 1. The van der Waals surface area contributed by atoms with Gasteiger partial charge in [0.05, 0.1) is 0 Å². The number of aldehydes is 1. The summed E-state index contributed by atoms with van der Waals surface area (Å²) in [5, 5.41) is 2.82. The van der Waals surface area contributed by atoms with E-state index in [4.69, 9.17) is 0 Å². The summed E-state index contributed by atoms with van der Waals surface area (Å²) in [5.74, 6) is 0. The molecule has 3 heteroatoms. The number of hydrogen-bond acceptors (Lipinski definition) is 3. The largest absolute Gasteiger partial charge is 0.298 e. The minimum absolute atomic E-state index is 0.274. The molecule has 1 aliphatic rings. The second-order valence-electron chi connectivity index (χ2n) is 2.09. The lowest BCUT2D eigenvalue weighted by Gasteiger charge is -2.03. The zero-order valence-corrected chi connectivity index (χ0v) is 5.36. The van der Waals surface area contributed by atoms with E-state index in [0.29, 0.717) is 12.0 Å². The summed E-state index contributed by atoms with van der Waals surface area (Å²) in [7, 11) is 0. The predicted molar refractivity (Wildman–Crippen MR) is 37.5 cm³/mol. The van der Waals surface area contributed by atoms with Gasteiger partial charge in [0.15, 0.2) is 0 Å². The van der Waals surface area contributed by atoms with E-state index in [0.717, 1.165) is 6.29 Å². The van der Waals surface area contributed by atoms with Crippen LogP contribution in [0.25, 0.3) is 0 Å². The van der Waals surface area contributed by atoms with Gasteiger partial charge in [-0.2, -0.15) is 4.91 Å². The van der Waals surface area contributed by atoms with Gasteiger partial charge in [0.1, 0.15) is 12.3 Å². The molecule has 1 unspecified atom stereocenters. The Labute approximate surface area is 58.4 Å². The molecule has 1 aliphatic carbocycles. The van der Waals surface area contributed by atoms with Crippen molar-refractivity contribution >= 4 is 6.29 Å². The molecule has 0 saturated carbocycles. The van der Waals surface area contributed by atoms with Gasteiger partial charge in [0, 0.05) is 5.57 Å². The van der Waals surface area contributed by atoms with Gasteiger partial charge in [-0.1, -0.05) is 23.4 Å². The Morgan fingerprint density at radius 2 is 2.50 bits per heavy atom. The van der Waals surface area contributed by atoms with E-state index in [9.17, 15) is 9.70 Å². The van der Waals surface area contributed by atoms with Crippen LogP contribution >= 0.6 is 0 Å². The molecule has 1 atom stereocenters. The van der Waals surface area contributed by atoms with Crippen LogP contribution in [0.4, 0.5) is 0 Å². The van der Waals surface area contributed by atoms with Gasteiger partial charge >= 0.3 is 0 Å². The Morgan fingerprint density at radius 3 is 2.90 bits per heavy atom. The first-order valence-corrected chi connectivity index (χ1v) is 3.03. The van der Waals surface area contributed by atoms with Crippen molar-refractivity contribution in [3.63, 3.8) is 0 Å². The van der Waals surface area contributed by atoms with Gasteiger partial charge in [0.2, 0.25) is 0 Å². The van der Waals surface area contributed by atoms with Gasteiger partial charge in [0.25, 0.3) is 0 Å². The maximum Gasteiger partial charge on any atom is 0.149 e. The summed E-state index contributed by atoms with van der Waals surface area (Å²) < 4.78 is 0. The fourth-order valence-corrected chi connectivity index (χ4v) is 0.791. The summed E-state index contributed by atoms with van der Waals surface area (Å²) >= 11 is 0. The third-order valence-electron chi connectivity index (χ3n) is 1.38. The van der Waals surface area contributed by atoms with Gasteiger partial charge < -0.3 is 0 Å². The number of rotatable bonds is 2. The van der Waals surface area contributed by atoms with Crippen LogP contribution < -0.4 is 0 Å². The van der Waals surface area contributed by atoms with Gasteiger partial charge in [-0.05, 0) is 6.42 Å². The molecule has 3 nitrogen and oxygen atoms in total. The molecule has 0 radical (unpaired) electrons. The Morgan fingerprint density at radius 1 is 1.70 bits per heavy atom. The van der Waals surface area contributed by atoms with Crippen molar-refractivity contribution in [3.8, 4) is 0 Å². The maximum atomic E-state index is 10.1. The first-order chi connectivity index (χ1) is 4.86. The molecule has 52 valence electrons. The van der Waals surface area contributed by atoms with Crippen molar-refractivity contribution < 1.29 is 4.79 Å². The number of hydrogen-bond donors (Lipinski definition) is 0. The van der Waals surface area contributed by atoms with Crippen LogP contribution in [0.15, 0.2) is 29.0 Å². The van der Waals surface area contributed by atoms with E-state index in [1.165, 1.54) is 0 Å². The molecule has 10 heavy (non-hydrogen) atoms. The molecule has 0 N–H and O–H groups in total. The second kappa shape index (κ2) is 3.06. The molecule has 0 aromatic carbocycles. The minimum Gasteiger partial charge on any atom is -0.298 e. The van der Waals surface area contributed by atoms with Gasteiger partial charge in [-0.3, -0.25) is 4.79 Å². The summed E-state index contributed by atoms with van der Waals surface area (Å²) in [5.41, 5.74) is 0.625. The number of nitroso groups, excluding NO2 is 1. The quantitative estimate of drug-likeness (QED) is 0.424. The lowest BCUT2D eigenvalue weighted by atomic mass is 10.1. The molecule has 0 aromatic heterocycles. The average Bonchev–Trinajstić information content (AvgIpc) is 2.05. The van der Waals surface area contributed by atoms with Crippen LogP contribution in [0.3, 0.4) is 0 Å². The maximum absolute atomic E-state index is 10.1. The molecular formula is C7H7NO2. The highest BCUT2D eigenvalue weighted by molar-refractivity contribution is 5.77. The molecule has 0 saturated heterocycles. The number of nitrogens with zero attached hydrogens (tertiary/aromatic N) is 1. The Bertz CT molecular complexity index is 206. The van der Waals surface area contributed by atoms with Crippen molar-refractivity contribution in [3.05, 3.63) is 28.7 Å². The highest BCUT2D eigenvalue weighted by Crippen LogP contribution is 2.10. The first kappa shape index (κ1) is 6.86. The summed E-state index contributed by atoms with van der Waals surface area (Å²) in [6.45, 7) is 0. The topological polar surface area (TPSA) is 46.5 Å². The molecule has 1 rings (SSSR count). The van der Waals surface area contributed by atoms with Gasteiger partial charge in [-0.15, -0.1) is 0 Å². The van der Waals surface area contributed by atoms with Crippen LogP contribution in [0.5, 0.6) is 0 Å². The number of allylic oxidation sites excluding steroid dienone is 2. The SMILES string of the molecule is O=CC1=CCC(N=O)C=C1. The standard InChI is InChI=1S/C7H7NO2/c9-5-6-1-3-7(8-10)4-2-6/h1-3,5,7H,4H2. The van der Waals surface area contributed by atoms with Crippen LogP contribution in [-0.4, -0.2) is 12.3 Å². The zero-order chi connectivity index (χ0) is 7.40. The highest BCUT2D eigenvalue weighted by Gasteiger charge is 2.06. The second-order valence-corrected chi connectivity index (χ2v) is 2.09. The van der Waals surface area contributed by atoms with Crippen molar-refractivity contribution in [2.75, 3.05) is 0 Å². The summed E-state index contributed by atoms with van der Waals surface area (Å²) in [6, 6.07) is -0.274. The van der Waals surface area contributed by atoms with E-state index in [1.807, 2.05) is 0 Å². The Kier molecular flexibility index (Phi) is 2.10. The molecule has 0 heterocycles. The first-order valence-electron chi connectivity index (χ1n) is 3.03. The highest BCUT2D eigenvalue weighted by atomic mass is 16.3. The van der Waals surface area contributed by atoms with Crippen molar-refractivity contribution in [2.45, 2.75) is 12.5 Å². The fourth-order valence-electron chi connectivity index (χ4n) is 0.791. The lowest BCUT2D eigenvalue weighted by Crippen LogP contribution is -2.01. The molecule has 0 amide bonds. The molecule has 0 bridgehead atoms. The van der Waals surface area contributed by atoms with Gasteiger partial charge in [-0.25, -0.2) is 0 Å². The zero-order valence-electron chi connectivity index (χ0n) is 5.36. The van der Waals surface area contributed by atoms with Crippen molar-refractivity contribution in [1.29, 1.82) is 0 Å². The van der Waals surface area contributed by atoms with Crippen molar-refractivity contribution in [1.82, 2.24) is 0 Å². The Balaban J connectivity index is 2.62. The molecule has 0 spiro atoms. The van der Waals surface area contributed by atoms with Crippen molar-refractivity contribution in [2.24, 2.45) is 5.18 Å². The van der Waals surface area contributed by atoms with E-state index < -0.39 is 0 Å². The van der Waals surface area contributed by atoms with E-state index in [2.05, 4.69) is 5.18 Å².